The number of anilines is 1. The second-order valence-corrected chi connectivity index (χ2v) is 5.58. The van der Waals surface area contributed by atoms with Crippen LogP contribution in [-0.2, 0) is 4.79 Å². The quantitative estimate of drug-likeness (QED) is 0.869. The molecule has 1 aromatic carbocycles. The van der Waals surface area contributed by atoms with Crippen LogP contribution in [0.5, 0.6) is 5.75 Å². The summed E-state index contributed by atoms with van der Waals surface area (Å²) in [5.74, 6) is -0.186. The number of methoxy groups -OCH3 is 1. The zero-order valence-electron chi connectivity index (χ0n) is 10.1. The molecule has 0 saturated heterocycles. The van der Waals surface area contributed by atoms with E-state index in [1.807, 2.05) is 11.4 Å². The molecule has 19 heavy (non-hydrogen) atoms. The summed E-state index contributed by atoms with van der Waals surface area (Å²) in [5, 5.41) is 14.2. The van der Waals surface area contributed by atoms with E-state index in [1.54, 1.807) is 31.4 Å². The molecule has 1 unspecified atom stereocenters. The molecule has 2 N–H and O–H groups in total. The molecule has 0 aliphatic rings. The van der Waals surface area contributed by atoms with Gasteiger partial charge in [0.25, 0.3) is 0 Å². The lowest BCUT2D eigenvalue weighted by Gasteiger charge is -2.15. The molecule has 100 valence electrons. The molecule has 0 radical (unpaired) electrons. The van der Waals surface area contributed by atoms with E-state index in [-0.39, 0.29) is 0 Å². The maximum absolute atomic E-state index is 11.4. The molecule has 0 amide bonds. The van der Waals surface area contributed by atoms with Crippen LogP contribution in [0.25, 0.3) is 0 Å². The van der Waals surface area contributed by atoms with E-state index >= 15 is 0 Å². The van der Waals surface area contributed by atoms with Crippen LogP contribution in [0.4, 0.5) is 5.69 Å². The van der Waals surface area contributed by atoms with E-state index in [0.29, 0.717) is 0 Å². The van der Waals surface area contributed by atoms with Crippen molar-refractivity contribution in [3.63, 3.8) is 0 Å². The number of nitrogens with one attached hydrogen (secondary N) is 1. The molecular weight excluding hydrogens is 330 g/mol. The number of benzene rings is 1. The Morgan fingerprint density at radius 3 is 2.53 bits per heavy atom. The highest BCUT2D eigenvalue weighted by atomic mass is 79.9. The molecule has 4 nitrogen and oxygen atoms in total. The first-order valence-corrected chi connectivity index (χ1v) is 7.15. The highest BCUT2D eigenvalue weighted by molar-refractivity contribution is 9.10. The highest BCUT2D eigenvalue weighted by Crippen LogP contribution is 2.31. The number of hydrogen-bond donors (Lipinski definition) is 2. The number of aliphatic carboxylic acids is 1. The van der Waals surface area contributed by atoms with Crippen molar-refractivity contribution in [3.05, 3.63) is 45.1 Å². The molecule has 0 saturated carbocycles. The fourth-order valence-corrected chi connectivity index (χ4v) is 3.25. The Hall–Kier alpha value is -1.53. The zero-order valence-corrected chi connectivity index (χ0v) is 12.5. The number of hydrogen-bond acceptors (Lipinski definition) is 4. The van der Waals surface area contributed by atoms with E-state index in [4.69, 9.17) is 4.74 Å². The van der Waals surface area contributed by atoms with Crippen LogP contribution in [-0.4, -0.2) is 18.2 Å². The highest BCUT2D eigenvalue weighted by Gasteiger charge is 2.23. The van der Waals surface area contributed by atoms with E-state index in [0.717, 1.165) is 20.8 Å². The summed E-state index contributed by atoms with van der Waals surface area (Å²) in [5.41, 5.74) is 0.730. The zero-order chi connectivity index (χ0) is 13.8. The lowest BCUT2D eigenvalue weighted by molar-refractivity contribution is -0.138. The van der Waals surface area contributed by atoms with Gasteiger partial charge in [-0.05, 0) is 51.6 Å². The van der Waals surface area contributed by atoms with Crippen LogP contribution in [0.3, 0.4) is 0 Å². The molecule has 0 bridgehead atoms. The first kappa shape index (κ1) is 13.9. The number of halogens is 1. The maximum Gasteiger partial charge on any atom is 0.331 e. The van der Waals surface area contributed by atoms with E-state index in [9.17, 15) is 9.90 Å². The SMILES string of the molecule is COc1ccc(NC(C(=O)O)c2sccc2Br)cc1. The number of rotatable bonds is 5. The minimum absolute atomic E-state index is 0.730. The number of carboxylic acid groups (broad SMARTS) is 1. The van der Waals surface area contributed by atoms with Crippen molar-refractivity contribution in [2.45, 2.75) is 6.04 Å². The largest absolute Gasteiger partial charge is 0.497 e. The average Bonchev–Trinajstić information content (AvgIpc) is 2.82. The molecule has 2 aromatic rings. The van der Waals surface area contributed by atoms with Gasteiger partial charge in [0, 0.05) is 10.2 Å². The van der Waals surface area contributed by atoms with E-state index < -0.39 is 12.0 Å². The molecule has 1 aromatic heterocycles. The van der Waals surface area contributed by atoms with Gasteiger partial charge in [0.15, 0.2) is 6.04 Å². The normalized spacial score (nSPS) is 11.9. The van der Waals surface area contributed by atoms with Gasteiger partial charge in [0.1, 0.15) is 5.75 Å². The van der Waals surface area contributed by atoms with Crippen LogP contribution in [0.15, 0.2) is 40.2 Å². The van der Waals surface area contributed by atoms with Crippen molar-refractivity contribution >= 4 is 38.9 Å². The van der Waals surface area contributed by atoms with Gasteiger partial charge in [0.2, 0.25) is 0 Å². The van der Waals surface area contributed by atoms with Gasteiger partial charge in [-0.3, -0.25) is 0 Å². The van der Waals surface area contributed by atoms with Crippen molar-refractivity contribution in [2.24, 2.45) is 0 Å². The lowest BCUT2D eigenvalue weighted by Crippen LogP contribution is -2.19. The summed E-state index contributed by atoms with van der Waals surface area (Å²) < 4.78 is 5.86. The third-order valence-electron chi connectivity index (χ3n) is 2.55. The van der Waals surface area contributed by atoms with Crippen LogP contribution < -0.4 is 10.1 Å². The van der Waals surface area contributed by atoms with Crippen molar-refractivity contribution in [3.8, 4) is 5.75 Å². The van der Waals surface area contributed by atoms with Gasteiger partial charge in [-0.15, -0.1) is 11.3 Å². The van der Waals surface area contributed by atoms with Crippen LogP contribution >= 0.6 is 27.3 Å². The first-order valence-electron chi connectivity index (χ1n) is 5.48. The molecule has 0 spiro atoms. The summed E-state index contributed by atoms with van der Waals surface area (Å²) in [4.78, 5) is 12.1. The summed E-state index contributed by atoms with van der Waals surface area (Å²) in [6.45, 7) is 0. The number of carboxylic acids is 1. The molecular formula is C13H12BrNO3S. The van der Waals surface area contributed by atoms with Crippen molar-refractivity contribution in [1.82, 2.24) is 0 Å². The van der Waals surface area contributed by atoms with E-state index in [2.05, 4.69) is 21.2 Å². The summed E-state index contributed by atoms with van der Waals surface area (Å²) in [7, 11) is 1.59. The Balaban J connectivity index is 2.21. The average molecular weight is 342 g/mol. The van der Waals surface area contributed by atoms with Crippen LogP contribution in [0.2, 0.25) is 0 Å². The molecule has 2 rings (SSSR count). The lowest BCUT2D eigenvalue weighted by atomic mass is 10.2. The predicted molar refractivity (Wildman–Crippen MR) is 79.0 cm³/mol. The monoisotopic (exact) mass is 341 g/mol. The van der Waals surface area contributed by atoms with Crippen molar-refractivity contribution in [1.29, 1.82) is 0 Å². The van der Waals surface area contributed by atoms with Crippen LogP contribution in [0, 0.1) is 0 Å². The van der Waals surface area contributed by atoms with Gasteiger partial charge in [-0.1, -0.05) is 0 Å². The number of ether oxygens (including phenoxy) is 1. The minimum Gasteiger partial charge on any atom is -0.497 e. The third-order valence-corrected chi connectivity index (χ3v) is 4.49. The standard InChI is InChI=1S/C13H12BrNO3S/c1-18-9-4-2-8(3-5-9)15-11(13(16)17)12-10(14)6-7-19-12/h2-7,11,15H,1H3,(H,16,17). The second kappa shape index (κ2) is 6.08. The Labute approximate surface area is 123 Å². The molecule has 0 fully saturated rings. The molecule has 1 atom stereocenters. The second-order valence-electron chi connectivity index (χ2n) is 3.78. The van der Waals surface area contributed by atoms with Crippen LogP contribution in [0.1, 0.15) is 10.9 Å². The maximum atomic E-state index is 11.4. The van der Waals surface area contributed by atoms with Gasteiger partial charge < -0.3 is 15.2 Å². The molecule has 0 aliphatic carbocycles. The van der Waals surface area contributed by atoms with Gasteiger partial charge in [-0.25, -0.2) is 4.79 Å². The topological polar surface area (TPSA) is 58.6 Å². The Morgan fingerprint density at radius 2 is 2.05 bits per heavy atom. The Bertz CT molecular complexity index is 568. The molecule has 1 heterocycles. The summed E-state index contributed by atoms with van der Waals surface area (Å²) in [6.07, 6.45) is 0. The minimum atomic E-state index is -0.918. The predicted octanol–water partition coefficient (Wildman–Crippen LogP) is 3.76. The number of carbonyl (C=O) groups is 1. The van der Waals surface area contributed by atoms with E-state index in [1.165, 1.54) is 11.3 Å². The fraction of sp³-hybridized carbons (Fsp3) is 0.154. The molecule has 6 heteroatoms. The Morgan fingerprint density at radius 1 is 1.37 bits per heavy atom. The van der Waals surface area contributed by atoms with Crippen molar-refractivity contribution in [2.75, 3.05) is 12.4 Å². The summed E-state index contributed by atoms with van der Waals surface area (Å²) >= 11 is 4.76. The number of thiophene rings is 1. The van der Waals surface area contributed by atoms with Gasteiger partial charge in [0.05, 0.1) is 12.0 Å². The smallest absolute Gasteiger partial charge is 0.331 e. The Kier molecular flexibility index (Phi) is 4.44. The van der Waals surface area contributed by atoms with Gasteiger partial charge in [-0.2, -0.15) is 0 Å². The summed E-state index contributed by atoms with van der Waals surface area (Å²) in [6, 6.07) is 8.20. The molecule has 0 aliphatic heterocycles. The van der Waals surface area contributed by atoms with Crippen molar-refractivity contribution < 1.29 is 14.6 Å². The third kappa shape index (κ3) is 3.27. The fourth-order valence-electron chi connectivity index (χ4n) is 1.60. The first-order chi connectivity index (χ1) is 9.11. The van der Waals surface area contributed by atoms with Gasteiger partial charge >= 0.3 is 5.97 Å².